The normalized spacial score (nSPS) is 14.8. The van der Waals surface area contributed by atoms with Crippen molar-refractivity contribution in [1.82, 2.24) is 14.5 Å². The van der Waals surface area contributed by atoms with Crippen molar-refractivity contribution in [2.45, 2.75) is 52.2 Å². The van der Waals surface area contributed by atoms with Crippen LogP contribution in [0, 0.1) is 17.2 Å². The molecule has 2 rings (SSSR count). The number of methoxy groups -OCH3 is 1. The number of nitrogens with one attached hydrogen (secondary N) is 1. The molecule has 0 spiro atoms. The van der Waals surface area contributed by atoms with Crippen molar-refractivity contribution in [2.24, 2.45) is 5.92 Å². The van der Waals surface area contributed by atoms with E-state index in [4.69, 9.17) is 4.74 Å². The number of carbonyl (C=O) groups excluding carboxylic acids is 2. The Morgan fingerprint density at radius 1 is 1.38 bits per heavy atom. The van der Waals surface area contributed by atoms with Crippen LogP contribution in [0.5, 0.6) is 0 Å². The van der Waals surface area contributed by atoms with Crippen LogP contribution in [-0.4, -0.2) is 34.2 Å². The minimum Gasteiger partial charge on any atom is -0.467 e. The number of fused-ring (bicyclic) bond motifs is 1. The molecule has 0 unspecified atom stereocenters. The molecule has 140 valence electrons. The summed E-state index contributed by atoms with van der Waals surface area (Å²) >= 11 is 0. The SMILES string of the molecule is CC[C@@H](C)[C@@H](NC(=O)Cn1c(=O)c(C#N)c2n(c1=O)CCC2)C(=O)OC. The predicted octanol–water partition coefficient (Wildman–Crippen LogP) is -0.468. The van der Waals surface area contributed by atoms with Crippen LogP contribution in [0.2, 0.25) is 0 Å². The average molecular weight is 362 g/mol. The van der Waals surface area contributed by atoms with Gasteiger partial charge in [0.05, 0.1) is 7.11 Å². The van der Waals surface area contributed by atoms with Gasteiger partial charge < -0.3 is 10.1 Å². The lowest BCUT2D eigenvalue weighted by Gasteiger charge is -2.22. The van der Waals surface area contributed by atoms with Crippen molar-refractivity contribution in [3.63, 3.8) is 0 Å². The number of amides is 1. The highest BCUT2D eigenvalue weighted by Crippen LogP contribution is 2.13. The molecular weight excluding hydrogens is 340 g/mol. The highest BCUT2D eigenvalue weighted by molar-refractivity contribution is 5.84. The Bertz CT molecular complexity index is 877. The van der Waals surface area contributed by atoms with Gasteiger partial charge in [-0.2, -0.15) is 5.26 Å². The molecule has 26 heavy (non-hydrogen) atoms. The molecule has 2 atom stereocenters. The van der Waals surface area contributed by atoms with Crippen molar-refractivity contribution in [3.8, 4) is 6.07 Å². The third-order valence-electron chi connectivity index (χ3n) is 4.73. The molecule has 1 amide bonds. The molecule has 1 aromatic rings. The summed E-state index contributed by atoms with van der Waals surface area (Å²) in [6, 6.07) is 0.959. The Balaban J connectivity index is 2.33. The van der Waals surface area contributed by atoms with Gasteiger partial charge in [-0.3, -0.25) is 14.2 Å². The molecule has 0 fully saturated rings. The quantitative estimate of drug-likeness (QED) is 0.683. The van der Waals surface area contributed by atoms with E-state index >= 15 is 0 Å². The summed E-state index contributed by atoms with van der Waals surface area (Å²) in [6.45, 7) is 3.49. The van der Waals surface area contributed by atoms with E-state index in [-0.39, 0.29) is 11.5 Å². The monoisotopic (exact) mass is 362 g/mol. The van der Waals surface area contributed by atoms with Crippen LogP contribution in [-0.2, 0) is 33.8 Å². The highest BCUT2D eigenvalue weighted by Gasteiger charge is 2.28. The third kappa shape index (κ3) is 3.54. The first-order valence-electron chi connectivity index (χ1n) is 8.49. The van der Waals surface area contributed by atoms with Gasteiger partial charge in [0, 0.05) is 12.2 Å². The van der Waals surface area contributed by atoms with Crippen molar-refractivity contribution in [3.05, 3.63) is 32.1 Å². The van der Waals surface area contributed by atoms with Gasteiger partial charge in [0.1, 0.15) is 24.2 Å². The maximum absolute atomic E-state index is 12.5. The molecule has 1 aliphatic rings. The lowest BCUT2D eigenvalue weighted by molar-refractivity contribution is -0.146. The first-order valence-corrected chi connectivity index (χ1v) is 8.49. The van der Waals surface area contributed by atoms with Gasteiger partial charge >= 0.3 is 11.7 Å². The van der Waals surface area contributed by atoms with Crippen molar-refractivity contribution >= 4 is 11.9 Å². The fourth-order valence-electron chi connectivity index (χ4n) is 3.05. The second kappa shape index (κ2) is 7.99. The summed E-state index contributed by atoms with van der Waals surface area (Å²) in [6.07, 6.45) is 1.77. The minimum absolute atomic E-state index is 0.110. The van der Waals surface area contributed by atoms with Crippen LogP contribution in [0.3, 0.4) is 0 Å². The summed E-state index contributed by atoms with van der Waals surface area (Å²) in [5, 5.41) is 11.8. The molecule has 1 aliphatic heterocycles. The maximum atomic E-state index is 12.5. The van der Waals surface area contributed by atoms with Crippen LogP contribution >= 0.6 is 0 Å². The van der Waals surface area contributed by atoms with E-state index in [2.05, 4.69) is 5.32 Å². The number of esters is 1. The first-order chi connectivity index (χ1) is 12.3. The second-order valence-electron chi connectivity index (χ2n) is 6.32. The molecule has 0 radical (unpaired) electrons. The smallest absolute Gasteiger partial charge is 0.331 e. The van der Waals surface area contributed by atoms with Gasteiger partial charge in [0.2, 0.25) is 5.91 Å². The molecule has 1 N–H and O–H groups in total. The van der Waals surface area contributed by atoms with E-state index in [1.54, 1.807) is 6.92 Å². The van der Waals surface area contributed by atoms with E-state index in [0.29, 0.717) is 31.5 Å². The van der Waals surface area contributed by atoms with Crippen molar-refractivity contribution in [2.75, 3.05) is 7.11 Å². The van der Waals surface area contributed by atoms with Crippen LogP contribution in [0.15, 0.2) is 9.59 Å². The van der Waals surface area contributed by atoms with Crippen LogP contribution in [0.25, 0.3) is 0 Å². The Kier molecular flexibility index (Phi) is 5.97. The summed E-state index contributed by atoms with van der Waals surface area (Å²) in [5.74, 6) is -1.44. The second-order valence-corrected chi connectivity index (χ2v) is 6.32. The molecule has 0 bridgehead atoms. The number of nitriles is 1. The minimum atomic E-state index is -0.874. The lowest BCUT2D eigenvalue weighted by atomic mass is 9.99. The van der Waals surface area contributed by atoms with Crippen LogP contribution < -0.4 is 16.6 Å². The summed E-state index contributed by atoms with van der Waals surface area (Å²) < 4.78 is 6.80. The Hall–Kier alpha value is -2.89. The molecular formula is C17H22N4O5. The molecule has 9 nitrogen and oxygen atoms in total. The number of hydrogen-bond acceptors (Lipinski definition) is 6. The van der Waals surface area contributed by atoms with E-state index in [1.165, 1.54) is 11.7 Å². The van der Waals surface area contributed by atoms with Crippen molar-refractivity contribution in [1.29, 1.82) is 5.26 Å². The largest absolute Gasteiger partial charge is 0.467 e. The number of rotatable bonds is 6. The van der Waals surface area contributed by atoms with Gasteiger partial charge in [0.15, 0.2) is 0 Å². The molecule has 0 saturated carbocycles. The Morgan fingerprint density at radius 2 is 2.08 bits per heavy atom. The van der Waals surface area contributed by atoms with Gasteiger partial charge in [-0.05, 0) is 18.8 Å². The Morgan fingerprint density at radius 3 is 2.65 bits per heavy atom. The molecule has 0 aromatic carbocycles. The zero-order valence-corrected chi connectivity index (χ0v) is 15.1. The number of nitrogens with zero attached hydrogens (tertiary/aromatic N) is 3. The maximum Gasteiger partial charge on any atom is 0.331 e. The zero-order chi connectivity index (χ0) is 19.4. The fourth-order valence-corrected chi connectivity index (χ4v) is 3.05. The summed E-state index contributed by atoms with van der Waals surface area (Å²) in [5.41, 5.74) is -1.08. The van der Waals surface area contributed by atoms with Crippen molar-refractivity contribution < 1.29 is 14.3 Å². The summed E-state index contributed by atoms with van der Waals surface area (Å²) in [4.78, 5) is 49.2. The average Bonchev–Trinajstić information content (AvgIpc) is 3.12. The summed E-state index contributed by atoms with van der Waals surface area (Å²) in [7, 11) is 1.22. The first kappa shape index (κ1) is 19.4. The fraction of sp³-hybridized carbons (Fsp3) is 0.588. The van der Waals surface area contributed by atoms with Gasteiger partial charge in [-0.1, -0.05) is 20.3 Å². The highest BCUT2D eigenvalue weighted by atomic mass is 16.5. The molecule has 9 heteroatoms. The molecule has 0 aliphatic carbocycles. The number of hydrogen-bond donors (Lipinski definition) is 1. The standard InChI is InChI=1S/C17H22N4O5/c1-4-10(2)14(16(24)26-3)19-13(22)9-21-15(23)11(8-18)12-6-5-7-20(12)17(21)25/h10,14H,4-7,9H2,1-3H3,(H,19,22)/t10-,14-/m1/s1. The topological polar surface area (TPSA) is 123 Å². The van der Waals surface area contributed by atoms with Gasteiger partial charge in [-0.15, -0.1) is 0 Å². The third-order valence-corrected chi connectivity index (χ3v) is 4.73. The van der Waals surface area contributed by atoms with E-state index in [9.17, 15) is 24.4 Å². The lowest BCUT2D eigenvalue weighted by Crippen LogP contribution is -2.50. The van der Waals surface area contributed by atoms with Crippen LogP contribution in [0.4, 0.5) is 0 Å². The van der Waals surface area contributed by atoms with E-state index in [1.807, 2.05) is 13.0 Å². The van der Waals surface area contributed by atoms with E-state index < -0.39 is 35.7 Å². The van der Waals surface area contributed by atoms with Gasteiger partial charge in [-0.25, -0.2) is 14.2 Å². The molecule has 0 saturated heterocycles. The molecule has 2 heterocycles. The van der Waals surface area contributed by atoms with Gasteiger partial charge in [0.25, 0.3) is 5.56 Å². The number of ether oxygens (including phenoxy) is 1. The predicted molar refractivity (Wildman–Crippen MR) is 91.4 cm³/mol. The van der Waals surface area contributed by atoms with Crippen LogP contribution in [0.1, 0.15) is 37.9 Å². The Labute approximate surface area is 150 Å². The number of aromatic nitrogens is 2. The molecule has 1 aromatic heterocycles. The van der Waals surface area contributed by atoms with E-state index in [0.717, 1.165) is 4.57 Å². The number of carbonyl (C=O) groups is 2. The zero-order valence-electron chi connectivity index (χ0n) is 15.1.